The third-order valence-corrected chi connectivity index (χ3v) is 5.79. The number of amides is 1. The number of carbonyl (C=O) groups is 1. The smallest absolute Gasteiger partial charge is 0.247 e. The van der Waals surface area contributed by atoms with E-state index in [-0.39, 0.29) is 17.7 Å². The van der Waals surface area contributed by atoms with Crippen molar-refractivity contribution in [3.8, 4) is 5.75 Å². The Morgan fingerprint density at radius 2 is 2.29 bits per heavy atom. The van der Waals surface area contributed by atoms with Crippen LogP contribution in [-0.4, -0.2) is 24.0 Å². The SMILES string of the molecule is CCOc1ccc(C2c3sccc3CCN2C(=O)/C=C/c2ccoc2)cc1F. The Morgan fingerprint density at radius 1 is 1.39 bits per heavy atom. The quantitative estimate of drug-likeness (QED) is 0.565. The second-order valence-corrected chi connectivity index (χ2v) is 7.45. The summed E-state index contributed by atoms with van der Waals surface area (Å²) in [5, 5.41) is 2.03. The van der Waals surface area contributed by atoms with Crippen LogP contribution in [-0.2, 0) is 11.2 Å². The highest BCUT2D eigenvalue weighted by atomic mass is 32.1. The second-order valence-electron chi connectivity index (χ2n) is 6.51. The summed E-state index contributed by atoms with van der Waals surface area (Å²) in [4.78, 5) is 15.8. The lowest BCUT2D eigenvalue weighted by Crippen LogP contribution is -2.39. The molecule has 0 saturated carbocycles. The molecule has 4 rings (SSSR count). The number of benzene rings is 1. The standard InChI is InChI=1S/C22H20FNO3S/c1-2-27-19-5-4-17(13-18(19)23)21-22-16(9-12-28-22)7-10-24(21)20(25)6-3-15-8-11-26-14-15/h3-6,8-9,11-14,21H,2,7,10H2,1H3/b6-3+. The predicted molar refractivity (Wildman–Crippen MR) is 107 cm³/mol. The molecule has 144 valence electrons. The van der Waals surface area contributed by atoms with Gasteiger partial charge in [0.1, 0.15) is 0 Å². The monoisotopic (exact) mass is 397 g/mol. The number of thiophene rings is 1. The molecule has 1 aliphatic rings. The number of carbonyl (C=O) groups excluding carboxylic acids is 1. The second kappa shape index (κ2) is 8.02. The number of rotatable bonds is 5. The molecule has 1 atom stereocenters. The first-order valence-electron chi connectivity index (χ1n) is 9.16. The van der Waals surface area contributed by atoms with Gasteiger partial charge in [-0.2, -0.15) is 0 Å². The van der Waals surface area contributed by atoms with Crippen molar-refractivity contribution in [1.29, 1.82) is 0 Å². The molecule has 0 N–H and O–H groups in total. The van der Waals surface area contributed by atoms with Crippen LogP contribution in [0.3, 0.4) is 0 Å². The van der Waals surface area contributed by atoms with E-state index in [1.54, 1.807) is 53.0 Å². The van der Waals surface area contributed by atoms with Gasteiger partial charge in [-0.1, -0.05) is 6.07 Å². The molecule has 28 heavy (non-hydrogen) atoms. The summed E-state index contributed by atoms with van der Waals surface area (Å²) in [5.41, 5.74) is 2.78. The molecule has 0 saturated heterocycles. The van der Waals surface area contributed by atoms with Gasteiger partial charge in [-0.3, -0.25) is 4.79 Å². The fraction of sp³-hybridized carbons (Fsp3) is 0.227. The number of hydrogen-bond acceptors (Lipinski definition) is 4. The minimum Gasteiger partial charge on any atom is -0.491 e. The maximum atomic E-state index is 14.5. The Hall–Kier alpha value is -2.86. The van der Waals surface area contributed by atoms with Gasteiger partial charge in [-0.05, 0) is 60.2 Å². The number of halogens is 1. The van der Waals surface area contributed by atoms with Gasteiger partial charge in [0.2, 0.25) is 5.91 Å². The molecule has 3 aromatic rings. The molecule has 1 aliphatic heterocycles. The Morgan fingerprint density at radius 3 is 3.04 bits per heavy atom. The number of fused-ring (bicyclic) bond motifs is 1. The summed E-state index contributed by atoms with van der Waals surface area (Å²) in [7, 11) is 0. The van der Waals surface area contributed by atoms with E-state index in [9.17, 15) is 9.18 Å². The number of ether oxygens (including phenoxy) is 1. The van der Waals surface area contributed by atoms with Gasteiger partial charge in [0.15, 0.2) is 11.6 Å². The van der Waals surface area contributed by atoms with Crippen molar-refractivity contribution in [2.75, 3.05) is 13.2 Å². The minimum atomic E-state index is -0.413. The van der Waals surface area contributed by atoms with Crippen LogP contribution in [0.1, 0.15) is 34.5 Å². The van der Waals surface area contributed by atoms with E-state index in [1.165, 1.54) is 11.6 Å². The molecule has 0 bridgehead atoms. The molecule has 0 aliphatic carbocycles. The largest absolute Gasteiger partial charge is 0.491 e. The first kappa shape index (κ1) is 18.5. The molecular weight excluding hydrogens is 377 g/mol. The third kappa shape index (κ3) is 3.60. The lowest BCUT2D eigenvalue weighted by Gasteiger charge is -2.35. The number of furan rings is 1. The minimum absolute atomic E-state index is 0.112. The summed E-state index contributed by atoms with van der Waals surface area (Å²) in [6.07, 6.45) is 7.21. The van der Waals surface area contributed by atoms with Crippen molar-refractivity contribution in [3.63, 3.8) is 0 Å². The maximum absolute atomic E-state index is 14.5. The van der Waals surface area contributed by atoms with Gasteiger partial charge in [0, 0.05) is 23.1 Å². The zero-order valence-electron chi connectivity index (χ0n) is 15.4. The highest BCUT2D eigenvalue weighted by Crippen LogP contribution is 2.39. The fourth-order valence-corrected chi connectivity index (χ4v) is 4.56. The van der Waals surface area contributed by atoms with E-state index >= 15 is 0 Å². The molecule has 3 heterocycles. The van der Waals surface area contributed by atoms with Gasteiger partial charge in [-0.15, -0.1) is 11.3 Å². The van der Waals surface area contributed by atoms with Crippen molar-refractivity contribution >= 4 is 23.3 Å². The summed E-state index contributed by atoms with van der Waals surface area (Å²) in [5.74, 6) is -0.296. The van der Waals surface area contributed by atoms with Crippen molar-refractivity contribution in [2.45, 2.75) is 19.4 Å². The number of nitrogens with zero attached hydrogens (tertiary/aromatic N) is 1. The van der Waals surface area contributed by atoms with Crippen LogP contribution in [0.4, 0.5) is 4.39 Å². The summed E-state index contributed by atoms with van der Waals surface area (Å²) in [6.45, 7) is 2.80. The van der Waals surface area contributed by atoms with E-state index in [0.717, 1.165) is 22.4 Å². The first-order chi connectivity index (χ1) is 13.7. The topological polar surface area (TPSA) is 42.7 Å². The first-order valence-corrected chi connectivity index (χ1v) is 10.0. The average molecular weight is 397 g/mol. The van der Waals surface area contributed by atoms with Crippen LogP contribution in [0.15, 0.2) is 58.7 Å². The summed E-state index contributed by atoms with van der Waals surface area (Å²) >= 11 is 1.60. The Kier molecular flexibility index (Phi) is 5.30. The Balaban J connectivity index is 1.68. The van der Waals surface area contributed by atoms with E-state index in [0.29, 0.717) is 13.2 Å². The van der Waals surface area contributed by atoms with Crippen molar-refractivity contribution in [2.24, 2.45) is 0 Å². The van der Waals surface area contributed by atoms with Crippen LogP contribution >= 0.6 is 11.3 Å². The van der Waals surface area contributed by atoms with Gasteiger partial charge in [0.05, 0.1) is 25.2 Å². The fourth-order valence-electron chi connectivity index (χ4n) is 3.47. The van der Waals surface area contributed by atoms with Crippen LogP contribution in [0.25, 0.3) is 6.08 Å². The molecule has 0 fully saturated rings. The Labute approximate surface area is 166 Å². The number of hydrogen-bond donors (Lipinski definition) is 0. The average Bonchev–Trinajstić information content (AvgIpc) is 3.38. The highest BCUT2D eigenvalue weighted by molar-refractivity contribution is 7.10. The Bertz CT molecular complexity index is 993. The summed E-state index contributed by atoms with van der Waals surface area (Å²) < 4.78 is 24.9. The van der Waals surface area contributed by atoms with Gasteiger partial charge in [0.25, 0.3) is 0 Å². The molecule has 1 unspecified atom stereocenters. The van der Waals surface area contributed by atoms with Crippen LogP contribution in [0.2, 0.25) is 0 Å². The van der Waals surface area contributed by atoms with Crippen LogP contribution < -0.4 is 4.74 Å². The molecule has 1 aromatic carbocycles. The molecule has 1 amide bonds. The van der Waals surface area contributed by atoms with E-state index in [2.05, 4.69) is 6.07 Å². The van der Waals surface area contributed by atoms with E-state index in [1.807, 2.05) is 18.4 Å². The van der Waals surface area contributed by atoms with Crippen LogP contribution in [0, 0.1) is 5.82 Å². The highest BCUT2D eigenvalue weighted by Gasteiger charge is 2.32. The van der Waals surface area contributed by atoms with E-state index in [4.69, 9.17) is 9.15 Å². The molecule has 0 radical (unpaired) electrons. The molecule has 4 nitrogen and oxygen atoms in total. The van der Waals surface area contributed by atoms with Gasteiger partial charge in [-0.25, -0.2) is 4.39 Å². The normalized spacial score (nSPS) is 16.4. The molecule has 2 aromatic heterocycles. The van der Waals surface area contributed by atoms with Gasteiger partial charge >= 0.3 is 0 Å². The molecule has 0 spiro atoms. The van der Waals surface area contributed by atoms with E-state index < -0.39 is 5.82 Å². The lowest BCUT2D eigenvalue weighted by molar-refractivity contribution is -0.127. The molecular formula is C22H20FNO3S. The van der Waals surface area contributed by atoms with Crippen molar-refractivity contribution < 1.29 is 18.3 Å². The predicted octanol–water partition coefficient (Wildman–Crippen LogP) is 5.07. The third-order valence-electron chi connectivity index (χ3n) is 4.78. The lowest BCUT2D eigenvalue weighted by atomic mass is 9.95. The zero-order chi connectivity index (χ0) is 19.5. The molecule has 6 heteroatoms. The van der Waals surface area contributed by atoms with Crippen molar-refractivity contribution in [3.05, 3.63) is 81.7 Å². The van der Waals surface area contributed by atoms with Gasteiger partial charge < -0.3 is 14.1 Å². The maximum Gasteiger partial charge on any atom is 0.247 e. The van der Waals surface area contributed by atoms with Crippen molar-refractivity contribution in [1.82, 2.24) is 4.90 Å². The summed E-state index contributed by atoms with van der Waals surface area (Å²) in [6, 6.07) is 8.52. The van der Waals surface area contributed by atoms with Crippen LogP contribution in [0.5, 0.6) is 5.75 Å². The zero-order valence-corrected chi connectivity index (χ0v) is 16.2.